The first-order chi connectivity index (χ1) is 8.75. The van der Waals surface area contributed by atoms with E-state index < -0.39 is 0 Å². The van der Waals surface area contributed by atoms with Crippen molar-refractivity contribution in [2.45, 2.75) is 6.92 Å². The van der Waals surface area contributed by atoms with Crippen LogP contribution in [-0.2, 0) is 4.79 Å². The number of para-hydroxylation sites is 1. The molecule has 0 heterocycles. The van der Waals surface area contributed by atoms with Crippen LogP contribution in [0.1, 0.15) is 12.5 Å². The van der Waals surface area contributed by atoms with E-state index in [0.29, 0.717) is 5.57 Å². The number of carbonyl (C=O) groups is 1. The van der Waals surface area contributed by atoms with E-state index in [0.717, 1.165) is 11.3 Å². The molecule has 0 spiro atoms. The lowest BCUT2D eigenvalue weighted by Gasteiger charge is -2.05. The Morgan fingerprint density at radius 3 is 2.11 bits per heavy atom. The van der Waals surface area contributed by atoms with Gasteiger partial charge in [0.1, 0.15) is 0 Å². The number of carbonyl (C=O) groups excluding carboxylic acids is 1. The summed E-state index contributed by atoms with van der Waals surface area (Å²) < 4.78 is 0. The highest BCUT2D eigenvalue weighted by molar-refractivity contribution is 6.06. The fourth-order valence-electron chi connectivity index (χ4n) is 1.62. The first-order valence-electron chi connectivity index (χ1n) is 5.85. The second kappa shape index (κ2) is 5.82. The minimum Gasteiger partial charge on any atom is -0.322 e. The van der Waals surface area contributed by atoms with Crippen molar-refractivity contribution in [3.63, 3.8) is 0 Å². The lowest BCUT2D eigenvalue weighted by atomic mass is 10.1. The second-order valence-electron chi connectivity index (χ2n) is 4.06. The van der Waals surface area contributed by atoms with Crippen LogP contribution in [0.2, 0.25) is 0 Å². The van der Waals surface area contributed by atoms with Gasteiger partial charge in [0, 0.05) is 11.3 Å². The Balaban J connectivity index is 2.08. The maximum Gasteiger partial charge on any atom is 0.251 e. The molecule has 2 aromatic carbocycles. The van der Waals surface area contributed by atoms with Gasteiger partial charge in [0.05, 0.1) is 0 Å². The van der Waals surface area contributed by atoms with Crippen LogP contribution < -0.4 is 5.32 Å². The summed E-state index contributed by atoms with van der Waals surface area (Å²) in [5, 5.41) is 2.85. The Labute approximate surface area is 107 Å². The Bertz CT molecular complexity index is 544. The fraction of sp³-hybridized carbons (Fsp3) is 0.0625. The van der Waals surface area contributed by atoms with E-state index in [-0.39, 0.29) is 5.91 Å². The Hall–Kier alpha value is -2.35. The highest BCUT2D eigenvalue weighted by Gasteiger charge is 2.04. The van der Waals surface area contributed by atoms with Gasteiger partial charge in [-0.2, -0.15) is 0 Å². The summed E-state index contributed by atoms with van der Waals surface area (Å²) in [6, 6.07) is 19.2. The van der Waals surface area contributed by atoms with Gasteiger partial charge in [-0.15, -0.1) is 0 Å². The number of rotatable bonds is 3. The molecule has 0 fully saturated rings. The monoisotopic (exact) mass is 237 g/mol. The third-order valence-electron chi connectivity index (χ3n) is 2.57. The molecular formula is C16H15NO. The molecular weight excluding hydrogens is 222 g/mol. The molecule has 0 saturated heterocycles. The smallest absolute Gasteiger partial charge is 0.251 e. The van der Waals surface area contributed by atoms with E-state index in [4.69, 9.17) is 0 Å². The molecule has 0 saturated carbocycles. The van der Waals surface area contributed by atoms with Crippen LogP contribution in [0.25, 0.3) is 6.08 Å². The molecule has 0 aliphatic rings. The van der Waals surface area contributed by atoms with Gasteiger partial charge >= 0.3 is 0 Å². The zero-order valence-corrected chi connectivity index (χ0v) is 10.3. The second-order valence-corrected chi connectivity index (χ2v) is 4.06. The summed E-state index contributed by atoms with van der Waals surface area (Å²) in [5.41, 5.74) is 2.52. The quantitative estimate of drug-likeness (QED) is 0.810. The van der Waals surface area contributed by atoms with E-state index in [1.54, 1.807) is 0 Å². The number of hydrogen-bond acceptors (Lipinski definition) is 1. The zero-order chi connectivity index (χ0) is 12.8. The number of anilines is 1. The highest BCUT2D eigenvalue weighted by Crippen LogP contribution is 2.10. The van der Waals surface area contributed by atoms with Crippen molar-refractivity contribution in [1.82, 2.24) is 0 Å². The summed E-state index contributed by atoms with van der Waals surface area (Å²) in [5.74, 6) is -0.0787. The summed E-state index contributed by atoms with van der Waals surface area (Å²) >= 11 is 0. The molecule has 1 N–H and O–H groups in total. The van der Waals surface area contributed by atoms with Crippen LogP contribution in [0.15, 0.2) is 66.2 Å². The summed E-state index contributed by atoms with van der Waals surface area (Å²) in [6.07, 6.45) is 1.87. The molecule has 2 heteroatoms. The van der Waals surface area contributed by atoms with Crippen molar-refractivity contribution < 1.29 is 4.79 Å². The number of benzene rings is 2. The summed E-state index contributed by atoms with van der Waals surface area (Å²) in [6.45, 7) is 1.81. The summed E-state index contributed by atoms with van der Waals surface area (Å²) in [7, 11) is 0. The predicted molar refractivity (Wildman–Crippen MR) is 75.2 cm³/mol. The van der Waals surface area contributed by atoms with Crippen LogP contribution in [0, 0.1) is 0 Å². The van der Waals surface area contributed by atoms with Gasteiger partial charge in [0.2, 0.25) is 0 Å². The summed E-state index contributed by atoms with van der Waals surface area (Å²) in [4.78, 5) is 11.9. The molecule has 2 nitrogen and oxygen atoms in total. The zero-order valence-electron chi connectivity index (χ0n) is 10.3. The van der Waals surface area contributed by atoms with Gasteiger partial charge in [-0.1, -0.05) is 48.5 Å². The van der Waals surface area contributed by atoms with Crippen LogP contribution in [0.4, 0.5) is 5.69 Å². The Kier molecular flexibility index (Phi) is 3.92. The van der Waals surface area contributed by atoms with Crippen molar-refractivity contribution in [3.8, 4) is 0 Å². The standard InChI is InChI=1S/C16H15NO/c1-13(12-14-8-4-2-5-9-14)16(18)17-15-10-6-3-7-11-15/h2-12H,1H3,(H,17,18). The third-order valence-corrected chi connectivity index (χ3v) is 2.57. The fourth-order valence-corrected chi connectivity index (χ4v) is 1.62. The number of hydrogen-bond donors (Lipinski definition) is 1. The minimum absolute atomic E-state index is 0.0787. The van der Waals surface area contributed by atoms with E-state index in [9.17, 15) is 4.79 Å². The lowest BCUT2D eigenvalue weighted by Crippen LogP contribution is -2.12. The van der Waals surface area contributed by atoms with Crippen LogP contribution in [-0.4, -0.2) is 5.91 Å². The molecule has 0 unspecified atom stereocenters. The van der Waals surface area contributed by atoms with Crippen molar-refractivity contribution in [2.24, 2.45) is 0 Å². The molecule has 0 radical (unpaired) electrons. The van der Waals surface area contributed by atoms with E-state index in [2.05, 4.69) is 5.32 Å². The molecule has 0 bridgehead atoms. The van der Waals surface area contributed by atoms with Gasteiger partial charge in [0.25, 0.3) is 5.91 Å². The van der Waals surface area contributed by atoms with Crippen LogP contribution in [0.5, 0.6) is 0 Å². The maximum absolute atomic E-state index is 11.9. The van der Waals surface area contributed by atoms with Gasteiger partial charge in [-0.25, -0.2) is 0 Å². The molecule has 2 rings (SSSR count). The molecule has 90 valence electrons. The van der Waals surface area contributed by atoms with E-state index in [1.165, 1.54) is 0 Å². The minimum atomic E-state index is -0.0787. The van der Waals surface area contributed by atoms with E-state index in [1.807, 2.05) is 73.7 Å². The highest BCUT2D eigenvalue weighted by atomic mass is 16.1. The van der Waals surface area contributed by atoms with Gasteiger partial charge < -0.3 is 5.32 Å². The topological polar surface area (TPSA) is 29.1 Å². The van der Waals surface area contributed by atoms with Gasteiger partial charge in [-0.3, -0.25) is 4.79 Å². The number of amides is 1. The van der Waals surface area contributed by atoms with Crippen molar-refractivity contribution >= 4 is 17.7 Å². The molecule has 0 aliphatic carbocycles. The van der Waals surface area contributed by atoms with E-state index >= 15 is 0 Å². The maximum atomic E-state index is 11.9. The first kappa shape index (κ1) is 12.1. The van der Waals surface area contributed by atoms with Crippen LogP contribution >= 0.6 is 0 Å². The average Bonchev–Trinajstić information content (AvgIpc) is 2.41. The molecule has 0 atom stereocenters. The van der Waals surface area contributed by atoms with Gasteiger partial charge in [-0.05, 0) is 30.7 Å². The predicted octanol–water partition coefficient (Wildman–Crippen LogP) is 3.73. The van der Waals surface area contributed by atoms with Crippen LogP contribution in [0.3, 0.4) is 0 Å². The molecule has 0 aromatic heterocycles. The molecule has 2 aromatic rings. The Morgan fingerprint density at radius 1 is 0.944 bits per heavy atom. The van der Waals surface area contributed by atoms with Gasteiger partial charge in [0.15, 0.2) is 0 Å². The number of nitrogens with one attached hydrogen (secondary N) is 1. The average molecular weight is 237 g/mol. The SMILES string of the molecule is CC(=Cc1ccccc1)C(=O)Nc1ccccc1. The van der Waals surface area contributed by atoms with Crippen molar-refractivity contribution in [1.29, 1.82) is 0 Å². The largest absolute Gasteiger partial charge is 0.322 e. The van der Waals surface area contributed by atoms with Crippen molar-refractivity contribution in [3.05, 3.63) is 71.8 Å². The Morgan fingerprint density at radius 2 is 1.50 bits per heavy atom. The molecule has 18 heavy (non-hydrogen) atoms. The third kappa shape index (κ3) is 3.32. The first-order valence-corrected chi connectivity index (χ1v) is 5.85. The lowest BCUT2D eigenvalue weighted by molar-refractivity contribution is -0.112. The normalized spacial score (nSPS) is 11.1. The molecule has 1 amide bonds. The van der Waals surface area contributed by atoms with Crippen molar-refractivity contribution in [2.75, 3.05) is 5.32 Å². The molecule has 0 aliphatic heterocycles.